The largest absolute Gasteiger partial charge is 0.497 e. The number of carbonyl (C=O) groups is 1. The number of hydrogen-bond acceptors (Lipinski definition) is 4. The van der Waals surface area contributed by atoms with Crippen molar-refractivity contribution in [3.05, 3.63) is 108 Å². The van der Waals surface area contributed by atoms with E-state index in [0.717, 1.165) is 22.4 Å². The topological polar surface area (TPSA) is 68.5 Å². The summed E-state index contributed by atoms with van der Waals surface area (Å²) in [6.45, 7) is 0.646. The van der Waals surface area contributed by atoms with Crippen molar-refractivity contribution in [2.24, 2.45) is 5.10 Å². The fraction of sp³-hybridized carbons (Fsp3) is 0.0800. The summed E-state index contributed by atoms with van der Waals surface area (Å²) < 4.78 is 7.00. The number of hydrazone groups is 1. The van der Waals surface area contributed by atoms with Crippen LogP contribution in [-0.2, 0) is 6.54 Å². The molecule has 3 aromatic carbocycles. The summed E-state index contributed by atoms with van der Waals surface area (Å²) >= 11 is 0. The van der Waals surface area contributed by atoms with Gasteiger partial charge in [-0.3, -0.25) is 9.48 Å². The Labute approximate surface area is 180 Å². The van der Waals surface area contributed by atoms with Crippen LogP contribution >= 0.6 is 0 Å². The van der Waals surface area contributed by atoms with Crippen molar-refractivity contribution in [1.29, 1.82) is 0 Å². The van der Waals surface area contributed by atoms with Crippen LogP contribution in [0.25, 0.3) is 11.3 Å². The molecule has 1 amide bonds. The Balaban J connectivity index is 1.54. The van der Waals surface area contributed by atoms with Crippen molar-refractivity contribution in [1.82, 2.24) is 15.2 Å². The molecule has 154 valence electrons. The quantitative estimate of drug-likeness (QED) is 0.363. The van der Waals surface area contributed by atoms with E-state index >= 15 is 0 Å². The summed E-state index contributed by atoms with van der Waals surface area (Å²) in [4.78, 5) is 12.3. The molecule has 1 aromatic heterocycles. The molecule has 0 aliphatic carbocycles. The molecule has 0 bridgehead atoms. The first-order chi connectivity index (χ1) is 15.2. The predicted molar refractivity (Wildman–Crippen MR) is 121 cm³/mol. The maximum absolute atomic E-state index is 12.3. The van der Waals surface area contributed by atoms with Crippen LogP contribution in [0.2, 0.25) is 0 Å². The molecule has 4 rings (SSSR count). The molecule has 0 saturated carbocycles. The average molecular weight is 410 g/mol. The Morgan fingerprint density at radius 2 is 1.68 bits per heavy atom. The molecule has 0 aliphatic rings. The molecule has 0 radical (unpaired) electrons. The molecular weight excluding hydrogens is 388 g/mol. The summed E-state index contributed by atoms with van der Waals surface area (Å²) in [7, 11) is 1.58. The smallest absolute Gasteiger partial charge is 0.271 e. The molecule has 0 fully saturated rings. The minimum atomic E-state index is -0.295. The van der Waals surface area contributed by atoms with Crippen LogP contribution in [0.15, 0.2) is 96.2 Å². The highest BCUT2D eigenvalue weighted by molar-refractivity contribution is 5.95. The summed E-state index contributed by atoms with van der Waals surface area (Å²) in [6, 6.07) is 26.9. The van der Waals surface area contributed by atoms with E-state index in [1.54, 1.807) is 37.6 Å². The number of amides is 1. The Morgan fingerprint density at radius 1 is 1.00 bits per heavy atom. The van der Waals surface area contributed by atoms with E-state index in [-0.39, 0.29) is 5.91 Å². The number of rotatable bonds is 7. The third kappa shape index (κ3) is 5.05. The van der Waals surface area contributed by atoms with Gasteiger partial charge in [-0.15, -0.1) is 0 Å². The van der Waals surface area contributed by atoms with Gasteiger partial charge in [0.05, 0.1) is 19.9 Å². The van der Waals surface area contributed by atoms with Gasteiger partial charge < -0.3 is 4.74 Å². The maximum atomic E-state index is 12.3. The number of carbonyl (C=O) groups excluding carboxylic acids is 1. The molecule has 4 aromatic rings. The average Bonchev–Trinajstić information content (AvgIpc) is 3.22. The fourth-order valence-corrected chi connectivity index (χ4v) is 3.17. The Kier molecular flexibility index (Phi) is 6.18. The van der Waals surface area contributed by atoms with Gasteiger partial charge in [-0.2, -0.15) is 10.2 Å². The highest BCUT2D eigenvalue weighted by atomic mass is 16.5. The number of hydrogen-bond donors (Lipinski definition) is 1. The van der Waals surface area contributed by atoms with Crippen LogP contribution in [0, 0.1) is 0 Å². The van der Waals surface area contributed by atoms with Crippen LogP contribution in [0.4, 0.5) is 0 Å². The van der Waals surface area contributed by atoms with E-state index in [9.17, 15) is 4.79 Å². The van der Waals surface area contributed by atoms with Crippen LogP contribution in [0.1, 0.15) is 21.5 Å². The van der Waals surface area contributed by atoms with E-state index in [4.69, 9.17) is 9.84 Å². The van der Waals surface area contributed by atoms with Crippen molar-refractivity contribution < 1.29 is 9.53 Å². The standard InChI is InChI=1S/C25H22N4O2/c1-31-23-14-12-21(13-15-23)25(30)27-26-16-22-18-29(17-19-8-4-2-5-9-19)28-24(22)20-10-6-3-7-11-20/h2-16,18H,17H2,1H3,(H,27,30)/b26-16-. The van der Waals surface area contributed by atoms with Gasteiger partial charge in [-0.05, 0) is 29.8 Å². The zero-order chi connectivity index (χ0) is 21.5. The number of nitrogens with zero attached hydrogens (tertiary/aromatic N) is 3. The van der Waals surface area contributed by atoms with Crippen molar-refractivity contribution in [2.75, 3.05) is 7.11 Å². The van der Waals surface area contributed by atoms with Gasteiger partial charge >= 0.3 is 0 Å². The van der Waals surface area contributed by atoms with Crippen molar-refractivity contribution in [3.63, 3.8) is 0 Å². The summed E-state index contributed by atoms with van der Waals surface area (Å²) in [5.41, 5.74) is 6.83. The number of nitrogens with one attached hydrogen (secondary N) is 1. The second-order valence-electron chi connectivity index (χ2n) is 6.91. The van der Waals surface area contributed by atoms with Crippen LogP contribution < -0.4 is 10.2 Å². The first-order valence-electron chi connectivity index (χ1n) is 9.87. The monoisotopic (exact) mass is 410 g/mol. The Bertz CT molecular complexity index is 1170. The van der Waals surface area contributed by atoms with Gasteiger partial charge in [0.25, 0.3) is 5.91 Å². The second-order valence-corrected chi connectivity index (χ2v) is 6.91. The molecule has 1 heterocycles. The van der Waals surface area contributed by atoms with Crippen LogP contribution in [0.3, 0.4) is 0 Å². The molecule has 0 unspecified atom stereocenters. The van der Waals surface area contributed by atoms with E-state index in [1.165, 1.54) is 0 Å². The first kappa shape index (κ1) is 20.1. The molecule has 6 nitrogen and oxygen atoms in total. The third-order valence-corrected chi connectivity index (χ3v) is 4.75. The van der Waals surface area contributed by atoms with Gasteiger partial charge in [0.2, 0.25) is 0 Å². The van der Waals surface area contributed by atoms with Gasteiger partial charge in [0.1, 0.15) is 11.4 Å². The summed E-state index contributed by atoms with van der Waals surface area (Å²) in [5, 5.41) is 8.91. The SMILES string of the molecule is COc1ccc(C(=O)N/N=C\c2cn(Cc3ccccc3)nc2-c2ccccc2)cc1. The maximum Gasteiger partial charge on any atom is 0.271 e. The Morgan fingerprint density at radius 3 is 2.35 bits per heavy atom. The van der Waals surface area contributed by atoms with Gasteiger partial charge in [0.15, 0.2) is 0 Å². The molecule has 0 saturated heterocycles. The minimum Gasteiger partial charge on any atom is -0.497 e. The lowest BCUT2D eigenvalue weighted by molar-refractivity contribution is 0.0955. The summed E-state index contributed by atoms with van der Waals surface area (Å²) in [5.74, 6) is 0.398. The van der Waals surface area contributed by atoms with E-state index in [0.29, 0.717) is 17.9 Å². The number of aromatic nitrogens is 2. The predicted octanol–water partition coefficient (Wildman–Crippen LogP) is 4.37. The zero-order valence-electron chi connectivity index (χ0n) is 17.1. The third-order valence-electron chi connectivity index (χ3n) is 4.75. The van der Waals surface area contributed by atoms with Crippen molar-refractivity contribution >= 4 is 12.1 Å². The van der Waals surface area contributed by atoms with Gasteiger partial charge in [0, 0.05) is 22.9 Å². The molecule has 0 spiro atoms. The van der Waals surface area contributed by atoms with Crippen molar-refractivity contribution in [2.45, 2.75) is 6.54 Å². The highest BCUT2D eigenvalue weighted by Crippen LogP contribution is 2.21. The van der Waals surface area contributed by atoms with E-state index < -0.39 is 0 Å². The molecule has 0 aliphatic heterocycles. The second kappa shape index (κ2) is 9.54. The molecule has 31 heavy (non-hydrogen) atoms. The zero-order valence-corrected chi connectivity index (χ0v) is 17.1. The normalized spacial score (nSPS) is 10.9. The number of ether oxygens (including phenoxy) is 1. The van der Waals surface area contributed by atoms with E-state index in [2.05, 4.69) is 22.7 Å². The lowest BCUT2D eigenvalue weighted by Crippen LogP contribution is -2.17. The van der Waals surface area contributed by atoms with Crippen molar-refractivity contribution in [3.8, 4) is 17.0 Å². The molecule has 1 N–H and O–H groups in total. The van der Waals surface area contributed by atoms with E-state index in [1.807, 2.05) is 59.4 Å². The summed E-state index contributed by atoms with van der Waals surface area (Å²) in [6.07, 6.45) is 3.55. The highest BCUT2D eigenvalue weighted by Gasteiger charge is 2.11. The van der Waals surface area contributed by atoms with Crippen LogP contribution in [-0.4, -0.2) is 29.0 Å². The van der Waals surface area contributed by atoms with Gasteiger partial charge in [-0.1, -0.05) is 60.7 Å². The number of methoxy groups -OCH3 is 1. The number of benzene rings is 3. The lowest BCUT2D eigenvalue weighted by atomic mass is 10.1. The van der Waals surface area contributed by atoms with Crippen LogP contribution in [0.5, 0.6) is 5.75 Å². The molecule has 6 heteroatoms. The molecular formula is C25H22N4O2. The van der Waals surface area contributed by atoms with Gasteiger partial charge in [-0.25, -0.2) is 5.43 Å². The Hall–Kier alpha value is -4.19. The fourth-order valence-electron chi connectivity index (χ4n) is 3.17. The first-order valence-corrected chi connectivity index (χ1v) is 9.87. The minimum absolute atomic E-state index is 0.295. The molecule has 0 atom stereocenters. The lowest BCUT2D eigenvalue weighted by Gasteiger charge is -2.02.